The summed E-state index contributed by atoms with van der Waals surface area (Å²) in [5.41, 5.74) is 22.4. The number of rotatable bonds is 6. The molecule has 0 amide bonds. The summed E-state index contributed by atoms with van der Waals surface area (Å²) in [7, 11) is -0.556. The highest BCUT2D eigenvalue weighted by atomic mass is 79.9. The Kier molecular flexibility index (Phi) is 16.8. The molecule has 0 aliphatic carbocycles. The highest BCUT2D eigenvalue weighted by Gasteiger charge is 2.52. The van der Waals surface area contributed by atoms with Gasteiger partial charge < -0.3 is 26.5 Å². The van der Waals surface area contributed by atoms with Crippen LogP contribution in [-0.4, -0.2) is 78.8 Å². The van der Waals surface area contributed by atoms with Gasteiger partial charge in [0.1, 0.15) is 79.9 Å². The van der Waals surface area contributed by atoms with Gasteiger partial charge in [-0.2, -0.15) is 0 Å². The van der Waals surface area contributed by atoms with Crippen molar-refractivity contribution in [3.8, 4) is 56.3 Å². The first-order valence-electron chi connectivity index (χ1n) is 25.6. The fraction of sp³-hybridized carbons (Fsp3) is 0.100. The van der Waals surface area contributed by atoms with E-state index in [0.29, 0.717) is 77.1 Å². The molecule has 85 heavy (non-hydrogen) atoms. The van der Waals surface area contributed by atoms with Crippen molar-refractivity contribution in [3.63, 3.8) is 0 Å². The van der Waals surface area contributed by atoms with Crippen molar-refractivity contribution in [1.82, 2.24) is 60.5 Å². The number of nitrogens with two attached hydrogens (primary N) is 3. The van der Waals surface area contributed by atoms with Crippen LogP contribution >= 0.6 is 15.9 Å². The summed E-state index contributed by atoms with van der Waals surface area (Å²) in [6.07, 6.45) is 4.64. The lowest BCUT2D eigenvalue weighted by atomic mass is 9.78. The monoisotopic (exact) mass is 1210 g/mol. The van der Waals surface area contributed by atoms with Gasteiger partial charge in [0.05, 0.1) is 11.2 Å². The van der Waals surface area contributed by atoms with Gasteiger partial charge in [-0.1, -0.05) is 24.3 Å². The maximum absolute atomic E-state index is 14.4. The molecule has 0 bridgehead atoms. The van der Waals surface area contributed by atoms with Crippen molar-refractivity contribution in [1.29, 1.82) is 0 Å². The molecular weight excluding hydrogens is 1170 g/mol. The normalized spacial score (nSPS) is 13.1. The molecule has 1 aliphatic rings. The van der Waals surface area contributed by atoms with E-state index >= 15 is 0 Å². The molecule has 0 spiro atoms. The molecule has 6 aromatic heterocycles. The fourth-order valence-electron chi connectivity index (χ4n) is 8.65. The Bertz CT molecular complexity index is 4240. The van der Waals surface area contributed by atoms with Crippen LogP contribution in [0.1, 0.15) is 27.7 Å². The van der Waals surface area contributed by atoms with Crippen LogP contribution in [-0.2, 0) is 9.31 Å². The average molecular weight is 1210 g/mol. The third-order valence-corrected chi connectivity index (χ3v) is 14.0. The summed E-state index contributed by atoms with van der Waals surface area (Å²) in [5.74, 6) is -2.31. The summed E-state index contributed by atoms with van der Waals surface area (Å²) < 4.78 is 94.4. The Labute approximate surface area is 489 Å². The molecule has 0 saturated carbocycles. The number of nitrogen functional groups attached to an aromatic ring is 3. The Morgan fingerprint density at radius 3 is 1.13 bits per heavy atom. The Morgan fingerprint density at radius 1 is 0.388 bits per heavy atom. The lowest BCUT2D eigenvalue weighted by Crippen LogP contribution is -2.41. The SMILES string of the molecule is CC1(C)OB(c2cc(F)c3ncccc3c2)OC1(C)C.Nc1nnc(-c2cc(F)c3ncccc3c2)c(-c2ccc(F)cc2)n1.Nc1nnc(-c2cc(F)c3ncccc3c2)c(-c2ccc(F)cc2)n1.Nc1nnc(Br)c(-c2ccc(F)cc2)n1. The minimum Gasteiger partial charge on any atom is -0.399 e. The standard InChI is InChI=1S/2C18H11F2N5.C15H17BFNO2.C9H6BrFN4/c2*19-13-5-3-10(4-6-13)16-17(24-25-18(21)23-16)12-8-11-2-1-7-22-15(11)14(20)9-12;1-14(2)15(3,4)20-16(19-14)11-8-10-6-5-7-18-13(10)12(17)9-11;10-8-7(13-9(12)15-14-8)5-1-3-6(11)4-2-5/h2*1-9H,(H2,21,23,25);5-9H,1-4H3;1-4H,(H2,12,13,15). The molecule has 25 heteroatoms. The first-order chi connectivity index (χ1) is 40.7. The van der Waals surface area contributed by atoms with E-state index in [1.807, 2.05) is 39.8 Å². The van der Waals surface area contributed by atoms with Crippen LogP contribution < -0.4 is 22.7 Å². The zero-order chi connectivity index (χ0) is 60.2. The molecule has 1 aliphatic heterocycles. The van der Waals surface area contributed by atoms with Crippen molar-refractivity contribution in [2.24, 2.45) is 0 Å². The molecule has 0 atom stereocenters. The third kappa shape index (κ3) is 13.1. The smallest absolute Gasteiger partial charge is 0.399 e. The average Bonchev–Trinajstić information content (AvgIpc) is 4.04. The summed E-state index contributed by atoms with van der Waals surface area (Å²) in [4.78, 5) is 24.5. The molecule has 1 fully saturated rings. The van der Waals surface area contributed by atoms with Crippen molar-refractivity contribution >= 4 is 79.1 Å². The highest BCUT2D eigenvalue weighted by Crippen LogP contribution is 2.38. The number of pyridine rings is 3. The van der Waals surface area contributed by atoms with Gasteiger partial charge in [-0.15, -0.1) is 30.6 Å². The molecule has 424 valence electrons. The minimum atomic E-state index is -0.556. The number of hydrogen-bond donors (Lipinski definition) is 3. The van der Waals surface area contributed by atoms with Crippen LogP contribution in [0.15, 0.2) is 169 Å². The first kappa shape index (κ1) is 58.2. The maximum atomic E-state index is 14.4. The Hall–Kier alpha value is -9.98. The van der Waals surface area contributed by atoms with Gasteiger partial charge in [0, 0.05) is 62.6 Å². The van der Waals surface area contributed by atoms with Crippen LogP contribution in [0.3, 0.4) is 0 Å². The van der Waals surface area contributed by atoms with Crippen LogP contribution in [0, 0.1) is 34.9 Å². The lowest BCUT2D eigenvalue weighted by molar-refractivity contribution is 0.00578. The van der Waals surface area contributed by atoms with E-state index in [-0.39, 0.29) is 52.1 Å². The van der Waals surface area contributed by atoms with Gasteiger partial charge in [-0.25, -0.2) is 41.3 Å². The highest BCUT2D eigenvalue weighted by molar-refractivity contribution is 9.10. The first-order valence-corrected chi connectivity index (χ1v) is 26.4. The van der Waals surface area contributed by atoms with E-state index in [0.717, 1.165) is 10.9 Å². The largest absolute Gasteiger partial charge is 0.494 e. The second-order valence-electron chi connectivity index (χ2n) is 19.8. The number of halogens is 7. The molecule has 0 unspecified atom stereocenters. The van der Waals surface area contributed by atoms with E-state index in [1.54, 1.807) is 85.1 Å². The maximum Gasteiger partial charge on any atom is 0.494 e. The molecular formula is C60H45BBrF6N15O2. The zero-order valence-corrected chi connectivity index (χ0v) is 46.8. The summed E-state index contributed by atoms with van der Waals surface area (Å²) in [6.45, 7) is 7.91. The fourth-order valence-corrected chi connectivity index (χ4v) is 9.05. The van der Waals surface area contributed by atoms with Crippen molar-refractivity contribution in [2.45, 2.75) is 38.9 Å². The number of benzene rings is 6. The van der Waals surface area contributed by atoms with E-state index in [1.165, 1.54) is 67.0 Å². The van der Waals surface area contributed by atoms with Gasteiger partial charge in [0.25, 0.3) is 0 Å². The molecule has 12 aromatic rings. The number of fused-ring (bicyclic) bond motifs is 3. The number of hydrogen-bond acceptors (Lipinski definition) is 17. The minimum absolute atomic E-state index is 0.0222. The van der Waals surface area contributed by atoms with Gasteiger partial charge >= 0.3 is 7.12 Å². The van der Waals surface area contributed by atoms with Gasteiger partial charge in [0.15, 0.2) is 4.60 Å². The Balaban J connectivity index is 0.000000128. The number of anilines is 3. The van der Waals surface area contributed by atoms with Gasteiger partial charge in [0.2, 0.25) is 17.8 Å². The van der Waals surface area contributed by atoms with Crippen molar-refractivity contribution < 1.29 is 35.7 Å². The van der Waals surface area contributed by atoms with Crippen molar-refractivity contribution in [2.75, 3.05) is 17.2 Å². The quantitative estimate of drug-likeness (QED) is 0.103. The molecule has 7 heterocycles. The van der Waals surface area contributed by atoms with Gasteiger partial charge in [-0.05, 0) is 170 Å². The van der Waals surface area contributed by atoms with Crippen molar-refractivity contribution in [3.05, 3.63) is 204 Å². The lowest BCUT2D eigenvalue weighted by Gasteiger charge is -2.32. The summed E-state index contributed by atoms with van der Waals surface area (Å²) in [5, 5.41) is 25.0. The molecule has 13 rings (SSSR count). The molecule has 6 N–H and O–H groups in total. The predicted octanol–water partition coefficient (Wildman–Crippen LogP) is 11.9. The van der Waals surface area contributed by atoms with E-state index < -0.39 is 30.0 Å². The third-order valence-electron chi connectivity index (χ3n) is 13.5. The van der Waals surface area contributed by atoms with Crippen LogP contribution in [0.2, 0.25) is 0 Å². The van der Waals surface area contributed by atoms with Crippen LogP contribution in [0.25, 0.3) is 89.0 Å². The number of aromatic nitrogens is 12. The molecule has 1 saturated heterocycles. The molecule has 0 radical (unpaired) electrons. The second-order valence-corrected chi connectivity index (χ2v) is 20.5. The van der Waals surface area contributed by atoms with Gasteiger partial charge in [-0.3, -0.25) is 15.0 Å². The van der Waals surface area contributed by atoms with E-state index in [4.69, 9.17) is 26.5 Å². The topological polar surface area (TPSA) is 251 Å². The van der Waals surface area contributed by atoms with Crippen LogP contribution in [0.4, 0.5) is 44.2 Å². The zero-order valence-electron chi connectivity index (χ0n) is 45.2. The summed E-state index contributed by atoms with van der Waals surface area (Å²) in [6, 6.07) is 37.4. The molecule has 17 nitrogen and oxygen atoms in total. The second kappa shape index (κ2) is 24.5. The number of nitrogens with zero attached hydrogens (tertiary/aromatic N) is 12. The molecule has 6 aromatic carbocycles. The van der Waals surface area contributed by atoms with E-state index in [9.17, 15) is 26.3 Å². The van der Waals surface area contributed by atoms with E-state index in [2.05, 4.69) is 76.4 Å². The van der Waals surface area contributed by atoms with Crippen LogP contribution in [0.5, 0.6) is 0 Å². The predicted molar refractivity (Wildman–Crippen MR) is 315 cm³/mol. The Morgan fingerprint density at radius 2 is 0.729 bits per heavy atom. The summed E-state index contributed by atoms with van der Waals surface area (Å²) >= 11 is 3.20.